The Morgan fingerprint density at radius 2 is 2.00 bits per heavy atom. The van der Waals surface area contributed by atoms with E-state index in [0.29, 0.717) is 10.8 Å². The average molecular weight is 170 g/mol. The Labute approximate surface area is 71.8 Å². The fourth-order valence-corrected chi connectivity index (χ4v) is 1.11. The Balaban J connectivity index is 3.05. The molecule has 0 heterocycles. The molecule has 0 aliphatic rings. The summed E-state index contributed by atoms with van der Waals surface area (Å²) in [5, 5.41) is 0. The molecule has 2 heteroatoms. The van der Waals surface area contributed by atoms with E-state index in [2.05, 4.69) is 26.5 Å². The number of thiol groups is 1. The summed E-state index contributed by atoms with van der Waals surface area (Å²) in [6.07, 6.45) is 0. The first kappa shape index (κ1) is 8.60. The van der Waals surface area contributed by atoms with Gasteiger partial charge < -0.3 is 0 Å². The fourth-order valence-electron chi connectivity index (χ4n) is 0.889. The molecular formula is C9H11FS. The number of benzene rings is 1. The van der Waals surface area contributed by atoms with Crippen molar-refractivity contribution in [3.8, 4) is 0 Å². The second-order valence-electron chi connectivity index (χ2n) is 2.87. The monoisotopic (exact) mass is 170 g/mol. The van der Waals surface area contributed by atoms with E-state index in [0.717, 1.165) is 5.56 Å². The molecule has 0 nitrogen and oxygen atoms in total. The zero-order chi connectivity index (χ0) is 8.43. The maximum absolute atomic E-state index is 12.7. The molecule has 0 radical (unpaired) electrons. The van der Waals surface area contributed by atoms with E-state index in [4.69, 9.17) is 0 Å². The molecule has 0 aliphatic carbocycles. The van der Waals surface area contributed by atoms with E-state index in [9.17, 15) is 4.39 Å². The Kier molecular flexibility index (Phi) is 2.55. The molecule has 1 aromatic carbocycles. The van der Waals surface area contributed by atoms with Crippen molar-refractivity contribution in [2.24, 2.45) is 0 Å². The predicted octanol–water partition coefficient (Wildman–Crippen LogP) is 3.24. The molecule has 11 heavy (non-hydrogen) atoms. The molecule has 1 rings (SSSR count). The van der Waals surface area contributed by atoms with Crippen LogP contribution in [0, 0.1) is 5.82 Å². The molecule has 60 valence electrons. The normalized spacial score (nSPS) is 10.6. The van der Waals surface area contributed by atoms with Crippen LogP contribution in [0.5, 0.6) is 0 Å². The highest BCUT2D eigenvalue weighted by Crippen LogP contribution is 2.19. The minimum absolute atomic E-state index is 0.252. The van der Waals surface area contributed by atoms with Crippen LogP contribution in [0.1, 0.15) is 25.3 Å². The lowest BCUT2D eigenvalue weighted by atomic mass is 10.0. The topological polar surface area (TPSA) is 0 Å². The van der Waals surface area contributed by atoms with Gasteiger partial charge in [-0.2, -0.15) is 0 Å². The molecule has 0 saturated heterocycles. The standard InChI is InChI=1S/C9H11FS/c1-6(2)7-3-4-8(10)9(11)5-7/h3-6,11H,1-2H3. The van der Waals surface area contributed by atoms with Crippen LogP contribution in [0.15, 0.2) is 23.1 Å². The van der Waals surface area contributed by atoms with E-state index in [1.54, 1.807) is 12.1 Å². The largest absolute Gasteiger partial charge is 0.206 e. The molecular weight excluding hydrogens is 159 g/mol. The van der Waals surface area contributed by atoms with Gasteiger partial charge in [0.2, 0.25) is 0 Å². The third-order valence-corrected chi connectivity index (χ3v) is 1.98. The van der Waals surface area contributed by atoms with Crippen LogP contribution in [0.3, 0.4) is 0 Å². The predicted molar refractivity (Wildman–Crippen MR) is 47.7 cm³/mol. The summed E-state index contributed by atoms with van der Waals surface area (Å²) >= 11 is 3.99. The van der Waals surface area contributed by atoms with Gasteiger partial charge in [0, 0.05) is 4.90 Å². The van der Waals surface area contributed by atoms with Gasteiger partial charge in [0.15, 0.2) is 0 Å². The molecule has 1 aromatic rings. The second kappa shape index (κ2) is 3.26. The lowest BCUT2D eigenvalue weighted by Gasteiger charge is -2.05. The summed E-state index contributed by atoms with van der Waals surface area (Å²) in [5.74, 6) is 0.180. The zero-order valence-corrected chi connectivity index (χ0v) is 7.53. The molecule has 0 spiro atoms. The van der Waals surface area contributed by atoms with Crippen LogP contribution >= 0.6 is 12.6 Å². The summed E-state index contributed by atoms with van der Waals surface area (Å²) in [6.45, 7) is 4.14. The van der Waals surface area contributed by atoms with Crippen LogP contribution in [0.2, 0.25) is 0 Å². The van der Waals surface area contributed by atoms with Gasteiger partial charge in [-0.1, -0.05) is 19.9 Å². The Hall–Kier alpha value is -0.500. The smallest absolute Gasteiger partial charge is 0.136 e. The third-order valence-electron chi connectivity index (χ3n) is 1.64. The molecule has 0 unspecified atom stereocenters. The van der Waals surface area contributed by atoms with Crippen molar-refractivity contribution in [3.05, 3.63) is 29.6 Å². The lowest BCUT2D eigenvalue weighted by molar-refractivity contribution is 0.600. The van der Waals surface area contributed by atoms with Crippen molar-refractivity contribution in [2.45, 2.75) is 24.7 Å². The number of rotatable bonds is 1. The molecule has 0 bridgehead atoms. The summed E-state index contributed by atoms with van der Waals surface area (Å²) in [7, 11) is 0. The summed E-state index contributed by atoms with van der Waals surface area (Å²) in [6, 6.07) is 5.01. The minimum Gasteiger partial charge on any atom is -0.206 e. The first-order valence-corrected chi connectivity index (χ1v) is 4.04. The molecule has 0 fully saturated rings. The molecule has 0 atom stereocenters. The molecule has 0 aliphatic heterocycles. The van der Waals surface area contributed by atoms with Gasteiger partial charge in [-0.05, 0) is 23.6 Å². The van der Waals surface area contributed by atoms with Gasteiger partial charge in [-0.3, -0.25) is 0 Å². The summed E-state index contributed by atoms with van der Waals surface area (Å²) in [4.78, 5) is 0.427. The number of hydrogen-bond acceptors (Lipinski definition) is 1. The van der Waals surface area contributed by atoms with Crippen molar-refractivity contribution in [3.63, 3.8) is 0 Å². The van der Waals surface area contributed by atoms with Crippen molar-refractivity contribution < 1.29 is 4.39 Å². The quantitative estimate of drug-likeness (QED) is 0.614. The fraction of sp³-hybridized carbons (Fsp3) is 0.333. The van der Waals surface area contributed by atoms with Crippen molar-refractivity contribution in [1.82, 2.24) is 0 Å². The molecule has 0 amide bonds. The van der Waals surface area contributed by atoms with Crippen LogP contribution in [-0.4, -0.2) is 0 Å². The number of halogens is 1. The Morgan fingerprint density at radius 3 is 2.45 bits per heavy atom. The maximum Gasteiger partial charge on any atom is 0.136 e. The van der Waals surface area contributed by atoms with Crippen LogP contribution in [0.25, 0.3) is 0 Å². The van der Waals surface area contributed by atoms with Gasteiger partial charge in [-0.15, -0.1) is 12.6 Å². The van der Waals surface area contributed by atoms with Crippen molar-refractivity contribution >= 4 is 12.6 Å². The first-order valence-electron chi connectivity index (χ1n) is 3.59. The van der Waals surface area contributed by atoms with Gasteiger partial charge >= 0.3 is 0 Å². The van der Waals surface area contributed by atoms with Crippen LogP contribution in [-0.2, 0) is 0 Å². The van der Waals surface area contributed by atoms with Crippen molar-refractivity contribution in [1.29, 1.82) is 0 Å². The second-order valence-corrected chi connectivity index (χ2v) is 3.35. The molecule has 0 aromatic heterocycles. The summed E-state index contributed by atoms with van der Waals surface area (Å²) in [5.41, 5.74) is 1.12. The zero-order valence-electron chi connectivity index (χ0n) is 6.63. The lowest BCUT2D eigenvalue weighted by Crippen LogP contribution is -1.88. The van der Waals surface area contributed by atoms with E-state index in [1.807, 2.05) is 0 Å². The first-order chi connectivity index (χ1) is 5.11. The van der Waals surface area contributed by atoms with Crippen molar-refractivity contribution in [2.75, 3.05) is 0 Å². The van der Waals surface area contributed by atoms with Gasteiger partial charge in [0.25, 0.3) is 0 Å². The van der Waals surface area contributed by atoms with Crippen LogP contribution in [0.4, 0.5) is 4.39 Å². The van der Waals surface area contributed by atoms with Gasteiger partial charge in [-0.25, -0.2) is 4.39 Å². The van der Waals surface area contributed by atoms with E-state index >= 15 is 0 Å². The number of hydrogen-bond donors (Lipinski definition) is 1. The summed E-state index contributed by atoms with van der Waals surface area (Å²) < 4.78 is 12.7. The molecule has 0 N–H and O–H groups in total. The molecule has 0 saturated carbocycles. The maximum atomic E-state index is 12.7. The highest BCUT2D eigenvalue weighted by molar-refractivity contribution is 7.80. The van der Waals surface area contributed by atoms with E-state index < -0.39 is 0 Å². The van der Waals surface area contributed by atoms with Crippen LogP contribution < -0.4 is 0 Å². The van der Waals surface area contributed by atoms with Gasteiger partial charge in [0.05, 0.1) is 0 Å². The van der Waals surface area contributed by atoms with E-state index in [1.165, 1.54) is 6.07 Å². The third kappa shape index (κ3) is 1.96. The highest BCUT2D eigenvalue weighted by Gasteiger charge is 2.01. The SMILES string of the molecule is CC(C)c1ccc(F)c(S)c1. The Morgan fingerprint density at radius 1 is 1.36 bits per heavy atom. The highest BCUT2D eigenvalue weighted by atomic mass is 32.1. The minimum atomic E-state index is -0.252. The Bertz CT molecular complexity index is 256. The van der Waals surface area contributed by atoms with Gasteiger partial charge in [0.1, 0.15) is 5.82 Å². The van der Waals surface area contributed by atoms with E-state index in [-0.39, 0.29) is 5.82 Å². The average Bonchev–Trinajstić information content (AvgIpc) is 1.94.